The maximum atomic E-state index is 5.53. The molecule has 5 aliphatic rings. The Hall–Kier alpha value is -0.120. The zero-order chi connectivity index (χ0) is 14.3. The van der Waals surface area contributed by atoms with Crippen molar-refractivity contribution in [2.75, 3.05) is 39.4 Å². The fraction of sp³-hybridized carbons (Fsp3) is 1.00. The van der Waals surface area contributed by atoms with Crippen LogP contribution in [0.15, 0.2) is 0 Å². The summed E-state index contributed by atoms with van der Waals surface area (Å²) in [5.41, 5.74) is 0.628. The Morgan fingerprint density at radius 3 is 2.14 bits per heavy atom. The number of ether oxygens (including phenoxy) is 1. The van der Waals surface area contributed by atoms with Gasteiger partial charge in [0.05, 0.1) is 13.2 Å². The topological polar surface area (TPSA) is 24.5 Å². The monoisotopic (exact) mass is 292 g/mol. The average Bonchev–Trinajstić information content (AvgIpc) is 2.46. The Balaban J connectivity index is 1.49. The van der Waals surface area contributed by atoms with Crippen LogP contribution < -0.4 is 5.32 Å². The zero-order valence-corrected chi connectivity index (χ0v) is 13.7. The lowest BCUT2D eigenvalue weighted by molar-refractivity contribution is -0.0825. The van der Waals surface area contributed by atoms with Gasteiger partial charge in [-0.3, -0.25) is 4.90 Å². The second-order valence-corrected chi connectivity index (χ2v) is 8.30. The van der Waals surface area contributed by atoms with Gasteiger partial charge in [0.2, 0.25) is 0 Å². The average molecular weight is 292 g/mol. The molecule has 3 nitrogen and oxygen atoms in total. The second kappa shape index (κ2) is 5.82. The van der Waals surface area contributed by atoms with E-state index >= 15 is 0 Å². The van der Waals surface area contributed by atoms with Crippen LogP contribution in [-0.2, 0) is 4.74 Å². The Bertz CT molecular complexity index is 329. The molecule has 1 heterocycles. The minimum Gasteiger partial charge on any atom is -0.379 e. The molecule has 21 heavy (non-hydrogen) atoms. The SMILES string of the molecule is CCNC(CN1CCOCC1)C12CC3CC(CC(C3)C1)C2. The molecule has 1 unspecified atom stereocenters. The lowest BCUT2D eigenvalue weighted by Gasteiger charge is -2.60. The Morgan fingerprint density at radius 1 is 1.05 bits per heavy atom. The molecule has 0 radical (unpaired) electrons. The van der Waals surface area contributed by atoms with E-state index in [9.17, 15) is 0 Å². The molecule has 120 valence electrons. The van der Waals surface area contributed by atoms with E-state index < -0.39 is 0 Å². The summed E-state index contributed by atoms with van der Waals surface area (Å²) in [5.74, 6) is 3.17. The maximum Gasteiger partial charge on any atom is 0.0594 e. The van der Waals surface area contributed by atoms with Gasteiger partial charge in [0.25, 0.3) is 0 Å². The minimum absolute atomic E-state index is 0.628. The molecule has 0 aromatic carbocycles. The molecule has 5 fully saturated rings. The standard InChI is InChI=1S/C18H32N2O/c1-2-19-17(13-20-3-5-21-6-4-20)18-10-14-7-15(11-18)9-16(8-14)12-18/h14-17,19H,2-13H2,1H3. The highest BCUT2D eigenvalue weighted by Gasteiger charge is 2.54. The molecule has 0 amide bonds. The van der Waals surface area contributed by atoms with Crippen LogP contribution in [0, 0.1) is 23.2 Å². The maximum absolute atomic E-state index is 5.53. The largest absolute Gasteiger partial charge is 0.379 e. The van der Waals surface area contributed by atoms with Crippen molar-refractivity contribution in [1.29, 1.82) is 0 Å². The van der Waals surface area contributed by atoms with Crippen LogP contribution in [0.2, 0.25) is 0 Å². The van der Waals surface area contributed by atoms with Gasteiger partial charge in [-0.25, -0.2) is 0 Å². The van der Waals surface area contributed by atoms with E-state index in [1.54, 1.807) is 19.3 Å². The van der Waals surface area contributed by atoms with E-state index in [1.807, 2.05) is 0 Å². The zero-order valence-electron chi connectivity index (χ0n) is 13.7. The van der Waals surface area contributed by atoms with Crippen LogP contribution >= 0.6 is 0 Å². The predicted molar refractivity (Wildman–Crippen MR) is 85.3 cm³/mol. The molecule has 4 aliphatic carbocycles. The molecule has 1 N–H and O–H groups in total. The number of nitrogens with one attached hydrogen (secondary N) is 1. The lowest BCUT2D eigenvalue weighted by Crippen LogP contribution is -2.59. The summed E-state index contributed by atoms with van der Waals surface area (Å²) in [4.78, 5) is 2.65. The van der Waals surface area contributed by atoms with Gasteiger partial charge in [0.1, 0.15) is 0 Å². The Morgan fingerprint density at radius 2 is 1.62 bits per heavy atom. The number of morpholine rings is 1. The van der Waals surface area contributed by atoms with E-state index in [1.165, 1.54) is 25.8 Å². The normalized spacial score (nSPS) is 44.1. The van der Waals surface area contributed by atoms with E-state index in [4.69, 9.17) is 4.74 Å². The molecule has 3 heteroatoms. The van der Waals surface area contributed by atoms with Crippen molar-refractivity contribution in [3.8, 4) is 0 Å². The van der Waals surface area contributed by atoms with Crippen LogP contribution in [0.1, 0.15) is 45.4 Å². The van der Waals surface area contributed by atoms with Crippen molar-refractivity contribution in [2.45, 2.75) is 51.5 Å². The highest BCUT2D eigenvalue weighted by molar-refractivity contribution is 5.06. The van der Waals surface area contributed by atoms with Crippen molar-refractivity contribution < 1.29 is 4.74 Å². The highest BCUT2D eigenvalue weighted by atomic mass is 16.5. The molecule has 0 spiro atoms. The fourth-order valence-electron chi connectivity index (χ4n) is 6.37. The predicted octanol–water partition coefficient (Wildman–Crippen LogP) is 2.51. The third-order valence-corrected chi connectivity index (χ3v) is 6.82. The third-order valence-electron chi connectivity index (χ3n) is 6.82. The van der Waals surface area contributed by atoms with Crippen molar-refractivity contribution in [1.82, 2.24) is 10.2 Å². The second-order valence-electron chi connectivity index (χ2n) is 8.30. The number of hydrogen-bond acceptors (Lipinski definition) is 3. The molecular formula is C18H32N2O. The third kappa shape index (κ3) is 2.77. The summed E-state index contributed by atoms with van der Waals surface area (Å²) in [7, 11) is 0. The van der Waals surface area contributed by atoms with E-state index in [-0.39, 0.29) is 0 Å². The van der Waals surface area contributed by atoms with E-state index in [0.29, 0.717) is 11.5 Å². The highest BCUT2D eigenvalue weighted by Crippen LogP contribution is 2.61. The number of hydrogen-bond donors (Lipinski definition) is 1. The number of rotatable bonds is 5. The summed E-state index contributed by atoms with van der Waals surface area (Å²) in [6.45, 7) is 8.79. The van der Waals surface area contributed by atoms with Crippen molar-refractivity contribution in [2.24, 2.45) is 23.2 Å². The smallest absolute Gasteiger partial charge is 0.0594 e. The van der Waals surface area contributed by atoms with Crippen LogP contribution in [-0.4, -0.2) is 50.3 Å². The van der Waals surface area contributed by atoms with Gasteiger partial charge < -0.3 is 10.1 Å². The van der Waals surface area contributed by atoms with Gasteiger partial charge in [-0.2, -0.15) is 0 Å². The van der Waals surface area contributed by atoms with E-state index in [0.717, 1.165) is 50.6 Å². The first kappa shape index (κ1) is 14.5. The number of nitrogens with zero attached hydrogens (tertiary/aromatic N) is 1. The van der Waals surface area contributed by atoms with Gasteiger partial charge in [-0.1, -0.05) is 6.92 Å². The first-order chi connectivity index (χ1) is 10.3. The summed E-state index contributed by atoms with van der Waals surface area (Å²) in [6, 6.07) is 0.717. The molecule has 0 aromatic rings. The van der Waals surface area contributed by atoms with Crippen LogP contribution in [0.5, 0.6) is 0 Å². The summed E-state index contributed by atoms with van der Waals surface area (Å²) >= 11 is 0. The number of likely N-dealkylation sites (N-methyl/N-ethyl adjacent to an activating group) is 1. The van der Waals surface area contributed by atoms with Gasteiger partial charge in [-0.15, -0.1) is 0 Å². The molecule has 1 saturated heterocycles. The van der Waals surface area contributed by atoms with Crippen LogP contribution in [0.25, 0.3) is 0 Å². The van der Waals surface area contributed by atoms with Gasteiger partial charge in [0.15, 0.2) is 0 Å². The first-order valence-corrected chi connectivity index (χ1v) is 9.31. The molecule has 4 saturated carbocycles. The fourth-order valence-corrected chi connectivity index (χ4v) is 6.37. The van der Waals surface area contributed by atoms with Crippen molar-refractivity contribution in [3.63, 3.8) is 0 Å². The van der Waals surface area contributed by atoms with Gasteiger partial charge in [-0.05, 0) is 68.2 Å². The quantitative estimate of drug-likeness (QED) is 0.842. The van der Waals surface area contributed by atoms with Crippen LogP contribution in [0.4, 0.5) is 0 Å². The first-order valence-electron chi connectivity index (χ1n) is 9.31. The van der Waals surface area contributed by atoms with Crippen molar-refractivity contribution >= 4 is 0 Å². The summed E-state index contributed by atoms with van der Waals surface area (Å²) < 4.78 is 5.53. The minimum atomic E-state index is 0.628. The Kier molecular flexibility index (Phi) is 4.01. The molecule has 0 aromatic heterocycles. The van der Waals surface area contributed by atoms with Crippen molar-refractivity contribution in [3.05, 3.63) is 0 Å². The van der Waals surface area contributed by atoms with Gasteiger partial charge in [0, 0.05) is 25.7 Å². The molecular weight excluding hydrogens is 260 g/mol. The van der Waals surface area contributed by atoms with E-state index in [2.05, 4.69) is 17.1 Å². The summed E-state index contributed by atoms with van der Waals surface area (Å²) in [6.07, 6.45) is 9.20. The van der Waals surface area contributed by atoms with Gasteiger partial charge >= 0.3 is 0 Å². The molecule has 1 aliphatic heterocycles. The lowest BCUT2D eigenvalue weighted by atomic mass is 9.47. The Labute approximate surface area is 129 Å². The molecule has 4 bridgehead atoms. The molecule has 1 atom stereocenters. The van der Waals surface area contributed by atoms with Crippen LogP contribution in [0.3, 0.4) is 0 Å². The summed E-state index contributed by atoms with van der Waals surface area (Å²) in [5, 5.41) is 3.90. The molecule has 5 rings (SSSR count).